The molecule has 1 fully saturated rings. The molecule has 0 bridgehead atoms. The van der Waals surface area contributed by atoms with Gasteiger partial charge in [-0.1, -0.05) is 30.3 Å². The van der Waals surface area contributed by atoms with Gasteiger partial charge in [0.15, 0.2) is 0 Å². The molecular formula is C16H13IN2O2. The van der Waals surface area contributed by atoms with Crippen LogP contribution in [-0.4, -0.2) is 18.4 Å². The van der Waals surface area contributed by atoms with E-state index in [9.17, 15) is 9.59 Å². The summed E-state index contributed by atoms with van der Waals surface area (Å²) in [6.07, 6.45) is 0. The second-order valence-electron chi connectivity index (χ2n) is 4.77. The third-order valence-electron chi connectivity index (χ3n) is 3.41. The molecule has 0 aromatic heterocycles. The van der Waals surface area contributed by atoms with Crippen molar-refractivity contribution in [2.75, 3.05) is 11.4 Å². The second kappa shape index (κ2) is 5.85. The van der Waals surface area contributed by atoms with Gasteiger partial charge < -0.3 is 5.32 Å². The molecule has 1 atom stereocenters. The van der Waals surface area contributed by atoms with Crippen LogP contribution in [0.25, 0.3) is 0 Å². The summed E-state index contributed by atoms with van der Waals surface area (Å²) in [4.78, 5) is 26.2. The molecule has 1 saturated heterocycles. The number of benzene rings is 2. The number of carbonyl (C=O) groups is 2. The maximum atomic E-state index is 12.3. The highest BCUT2D eigenvalue weighted by Gasteiger charge is 2.36. The average molecular weight is 392 g/mol. The topological polar surface area (TPSA) is 49.4 Å². The first-order valence-electron chi connectivity index (χ1n) is 6.57. The molecule has 0 spiro atoms. The van der Waals surface area contributed by atoms with Crippen molar-refractivity contribution < 1.29 is 9.59 Å². The molecule has 0 radical (unpaired) electrons. The van der Waals surface area contributed by atoms with Crippen LogP contribution in [0.2, 0.25) is 0 Å². The Morgan fingerprint density at radius 3 is 2.33 bits per heavy atom. The first-order valence-corrected chi connectivity index (χ1v) is 7.65. The van der Waals surface area contributed by atoms with Crippen LogP contribution in [0.4, 0.5) is 5.69 Å². The molecule has 3 rings (SSSR count). The third-order valence-corrected chi connectivity index (χ3v) is 4.13. The average Bonchev–Trinajstić information content (AvgIpc) is 2.51. The fourth-order valence-electron chi connectivity index (χ4n) is 2.44. The number of hydrogen-bond donors (Lipinski definition) is 1. The summed E-state index contributed by atoms with van der Waals surface area (Å²) in [6.45, 7) is 0.0359. The van der Waals surface area contributed by atoms with Crippen molar-refractivity contribution >= 4 is 40.1 Å². The van der Waals surface area contributed by atoms with E-state index in [0.717, 1.165) is 14.8 Å². The van der Waals surface area contributed by atoms with E-state index in [1.54, 1.807) is 4.90 Å². The molecule has 0 aliphatic carbocycles. The predicted molar refractivity (Wildman–Crippen MR) is 88.8 cm³/mol. The Bertz CT molecular complexity index is 670. The van der Waals surface area contributed by atoms with Crippen molar-refractivity contribution in [1.29, 1.82) is 0 Å². The molecule has 1 heterocycles. The Balaban J connectivity index is 2.06. The summed E-state index contributed by atoms with van der Waals surface area (Å²) in [6, 6.07) is 16.3. The largest absolute Gasteiger partial charge is 0.345 e. The second-order valence-corrected chi connectivity index (χ2v) is 6.02. The Labute approximate surface area is 136 Å². The van der Waals surface area contributed by atoms with Crippen LogP contribution in [0, 0.1) is 3.57 Å². The number of hydrogen-bond acceptors (Lipinski definition) is 2. The summed E-state index contributed by atoms with van der Waals surface area (Å²) < 4.78 is 1.08. The van der Waals surface area contributed by atoms with E-state index in [0.29, 0.717) is 0 Å². The molecular weight excluding hydrogens is 379 g/mol. The van der Waals surface area contributed by atoms with Crippen LogP contribution in [0.15, 0.2) is 54.6 Å². The van der Waals surface area contributed by atoms with Gasteiger partial charge >= 0.3 is 0 Å². The summed E-state index contributed by atoms with van der Waals surface area (Å²) in [5.41, 5.74) is 1.55. The molecule has 1 aliphatic heterocycles. The van der Waals surface area contributed by atoms with E-state index < -0.39 is 6.04 Å². The number of halogens is 1. The van der Waals surface area contributed by atoms with E-state index in [1.807, 2.05) is 54.6 Å². The van der Waals surface area contributed by atoms with Crippen molar-refractivity contribution in [3.05, 3.63) is 63.7 Å². The summed E-state index contributed by atoms with van der Waals surface area (Å²) in [5, 5.41) is 2.66. The van der Waals surface area contributed by atoms with Crippen LogP contribution in [-0.2, 0) is 9.59 Å². The molecule has 2 aromatic rings. The predicted octanol–water partition coefficient (Wildman–Crippen LogP) is 2.50. The van der Waals surface area contributed by atoms with Gasteiger partial charge in [0.1, 0.15) is 6.04 Å². The van der Waals surface area contributed by atoms with Gasteiger partial charge in [0.05, 0.1) is 6.54 Å². The zero-order valence-corrected chi connectivity index (χ0v) is 13.3. The highest BCUT2D eigenvalue weighted by Crippen LogP contribution is 2.30. The van der Waals surface area contributed by atoms with E-state index in [2.05, 4.69) is 27.9 Å². The van der Waals surface area contributed by atoms with Crippen molar-refractivity contribution in [1.82, 2.24) is 5.32 Å². The summed E-state index contributed by atoms with van der Waals surface area (Å²) >= 11 is 2.21. The lowest BCUT2D eigenvalue weighted by Crippen LogP contribution is -2.53. The van der Waals surface area contributed by atoms with Gasteiger partial charge in [-0.05, 0) is 52.4 Å². The van der Waals surface area contributed by atoms with Crippen LogP contribution in [0.1, 0.15) is 11.6 Å². The molecule has 2 amide bonds. The first kappa shape index (κ1) is 14.1. The minimum atomic E-state index is -0.618. The van der Waals surface area contributed by atoms with Crippen molar-refractivity contribution in [2.24, 2.45) is 0 Å². The number of nitrogens with one attached hydrogen (secondary N) is 1. The van der Waals surface area contributed by atoms with Gasteiger partial charge in [-0.15, -0.1) is 0 Å². The number of amides is 2. The maximum absolute atomic E-state index is 12.3. The van der Waals surface area contributed by atoms with Gasteiger partial charge in [0.2, 0.25) is 11.8 Å². The van der Waals surface area contributed by atoms with Gasteiger partial charge in [-0.25, -0.2) is 0 Å². The van der Waals surface area contributed by atoms with Gasteiger partial charge in [0, 0.05) is 9.26 Å². The van der Waals surface area contributed by atoms with Crippen molar-refractivity contribution in [3.8, 4) is 0 Å². The van der Waals surface area contributed by atoms with E-state index in [1.165, 1.54) is 0 Å². The Kier molecular flexibility index (Phi) is 3.92. The molecule has 106 valence electrons. The van der Waals surface area contributed by atoms with Gasteiger partial charge in [0.25, 0.3) is 0 Å². The number of carbonyl (C=O) groups excluding carboxylic acids is 2. The van der Waals surface area contributed by atoms with Crippen molar-refractivity contribution in [2.45, 2.75) is 6.04 Å². The lowest BCUT2D eigenvalue weighted by Gasteiger charge is -2.35. The lowest BCUT2D eigenvalue weighted by molar-refractivity contribution is -0.131. The van der Waals surface area contributed by atoms with Gasteiger partial charge in [-0.3, -0.25) is 14.5 Å². The smallest absolute Gasteiger partial charge is 0.248 e. The molecule has 21 heavy (non-hydrogen) atoms. The van der Waals surface area contributed by atoms with Crippen LogP contribution < -0.4 is 10.2 Å². The Morgan fingerprint density at radius 1 is 1.00 bits per heavy atom. The number of anilines is 1. The minimum absolute atomic E-state index is 0.0359. The fraction of sp³-hybridized carbons (Fsp3) is 0.125. The Morgan fingerprint density at radius 2 is 1.67 bits per heavy atom. The lowest BCUT2D eigenvalue weighted by atomic mass is 10.0. The minimum Gasteiger partial charge on any atom is -0.345 e. The van der Waals surface area contributed by atoms with Gasteiger partial charge in [-0.2, -0.15) is 0 Å². The fourth-order valence-corrected chi connectivity index (χ4v) is 2.80. The maximum Gasteiger partial charge on any atom is 0.248 e. The van der Waals surface area contributed by atoms with Crippen molar-refractivity contribution in [3.63, 3.8) is 0 Å². The molecule has 0 saturated carbocycles. The third kappa shape index (κ3) is 2.78. The zero-order valence-electron chi connectivity index (χ0n) is 11.1. The number of rotatable bonds is 2. The SMILES string of the molecule is O=C1NCC(=O)N(c2ccc(I)cc2)C1c1ccccc1. The van der Waals surface area contributed by atoms with E-state index >= 15 is 0 Å². The van der Waals surface area contributed by atoms with E-state index in [-0.39, 0.29) is 18.4 Å². The summed E-state index contributed by atoms with van der Waals surface area (Å²) in [5.74, 6) is -0.260. The zero-order chi connectivity index (χ0) is 14.8. The quantitative estimate of drug-likeness (QED) is 0.799. The molecule has 1 unspecified atom stereocenters. The number of nitrogens with zero attached hydrogens (tertiary/aromatic N) is 1. The normalized spacial score (nSPS) is 18.5. The van der Waals surface area contributed by atoms with Crippen LogP contribution in [0.3, 0.4) is 0 Å². The molecule has 1 N–H and O–H groups in total. The molecule has 1 aliphatic rings. The molecule has 5 heteroatoms. The van der Waals surface area contributed by atoms with E-state index in [4.69, 9.17) is 0 Å². The number of piperazine rings is 1. The summed E-state index contributed by atoms with van der Waals surface area (Å²) in [7, 11) is 0. The van der Waals surface area contributed by atoms with Crippen LogP contribution in [0.5, 0.6) is 0 Å². The molecule has 4 nitrogen and oxygen atoms in total. The molecule has 2 aromatic carbocycles. The van der Waals surface area contributed by atoms with Crippen LogP contribution >= 0.6 is 22.6 Å². The highest BCUT2D eigenvalue weighted by atomic mass is 127. The monoisotopic (exact) mass is 392 g/mol. The standard InChI is InChI=1S/C16H13IN2O2/c17-12-6-8-13(9-7-12)19-14(20)10-18-16(21)15(19)11-4-2-1-3-5-11/h1-9,15H,10H2,(H,18,21). The first-order chi connectivity index (χ1) is 10.2. The Hall–Kier alpha value is -1.89. The highest BCUT2D eigenvalue weighted by molar-refractivity contribution is 14.1.